The largest absolute Gasteiger partial charge is 0.496 e. The monoisotopic (exact) mass is 676 g/mol. The molecular formula is C32H31ClF2N2O6S2. The molecule has 238 valence electrons. The number of rotatable bonds is 8. The Morgan fingerprint density at radius 3 is 2.16 bits per heavy atom. The molecule has 0 atom stereocenters. The quantitative estimate of drug-likeness (QED) is 0.208. The molecule has 5 rings (SSSR count). The highest BCUT2D eigenvalue weighted by atomic mass is 35.5. The first-order chi connectivity index (χ1) is 21.3. The number of carbonyl (C=O) groups is 2. The van der Waals surface area contributed by atoms with Crippen molar-refractivity contribution in [3.05, 3.63) is 81.7 Å². The molecule has 1 aromatic heterocycles. The summed E-state index contributed by atoms with van der Waals surface area (Å²) in [5, 5.41) is 9.16. The molecule has 45 heavy (non-hydrogen) atoms. The van der Waals surface area contributed by atoms with Crippen molar-refractivity contribution in [3.8, 4) is 16.9 Å². The lowest BCUT2D eigenvalue weighted by Crippen LogP contribution is -2.46. The van der Waals surface area contributed by atoms with Gasteiger partial charge in [-0.3, -0.25) is 4.79 Å². The Bertz CT molecular complexity index is 1870. The standard InChI is InChI=1S/C32H31ClF2N2O6S2/c1-36(32(39)40)21-7-9-22(10-8-21)37(31(38)30-28(33)27-24(34)13-14-25(35)29(27)44-30)17-20-16-19(6-15-26(20)43-2)18-4-11-23(12-5-18)45(3,41)42/h4-6,11-16,21-22H,7-10,17H2,1-3H3,(H,39,40). The topological polar surface area (TPSA) is 104 Å². The number of ether oxygens (including phenoxy) is 1. The second-order valence-electron chi connectivity index (χ2n) is 11.1. The second kappa shape index (κ2) is 12.9. The van der Waals surface area contributed by atoms with E-state index < -0.39 is 33.5 Å². The minimum Gasteiger partial charge on any atom is -0.496 e. The van der Waals surface area contributed by atoms with E-state index in [1.807, 2.05) is 12.1 Å². The highest BCUT2D eigenvalue weighted by Gasteiger charge is 2.35. The van der Waals surface area contributed by atoms with Gasteiger partial charge in [-0.05, 0) is 73.2 Å². The minimum atomic E-state index is -3.37. The highest BCUT2D eigenvalue weighted by molar-refractivity contribution is 7.90. The van der Waals surface area contributed by atoms with Crippen molar-refractivity contribution < 1.29 is 36.6 Å². The summed E-state index contributed by atoms with van der Waals surface area (Å²) >= 11 is 7.33. The number of fused-ring (bicyclic) bond motifs is 1. The summed E-state index contributed by atoms with van der Waals surface area (Å²) in [6, 6.07) is 13.3. The van der Waals surface area contributed by atoms with E-state index in [4.69, 9.17) is 16.3 Å². The minimum absolute atomic E-state index is 0.00642. The van der Waals surface area contributed by atoms with Crippen molar-refractivity contribution in [1.29, 1.82) is 0 Å². The third-order valence-corrected chi connectivity index (χ3v) is 11.1. The summed E-state index contributed by atoms with van der Waals surface area (Å²) in [5.74, 6) is -1.41. The molecule has 0 bridgehead atoms. The average Bonchev–Trinajstić information content (AvgIpc) is 3.38. The lowest BCUT2D eigenvalue weighted by molar-refractivity contribution is 0.0555. The van der Waals surface area contributed by atoms with Crippen LogP contribution in [-0.2, 0) is 16.4 Å². The number of hydrogen-bond donors (Lipinski definition) is 1. The molecule has 1 fully saturated rings. The van der Waals surface area contributed by atoms with Gasteiger partial charge in [-0.15, -0.1) is 11.3 Å². The van der Waals surface area contributed by atoms with Gasteiger partial charge >= 0.3 is 6.09 Å². The molecule has 0 unspecified atom stereocenters. The van der Waals surface area contributed by atoms with Crippen LogP contribution in [0.15, 0.2) is 59.5 Å². The molecule has 1 N–H and O–H groups in total. The summed E-state index contributed by atoms with van der Waals surface area (Å²) in [4.78, 5) is 28.9. The smallest absolute Gasteiger partial charge is 0.407 e. The Balaban J connectivity index is 1.54. The third-order valence-electron chi connectivity index (χ3n) is 8.33. The second-order valence-corrected chi connectivity index (χ2v) is 14.5. The molecule has 8 nitrogen and oxygen atoms in total. The van der Waals surface area contributed by atoms with Crippen molar-refractivity contribution in [2.24, 2.45) is 0 Å². The van der Waals surface area contributed by atoms with E-state index in [-0.39, 0.29) is 43.5 Å². The van der Waals surface area contributed by atoms with E-state index in [1.54, 1.807) is 23.1 Å². The maximum atomic E-state index is 14.7. The summed E-state index contributed by atoms with van der Waals surface area (Å²) < 4.78 is 58.9. The van der Waals surface area contributed by atoms with Gasteiger partial charge in [0.15, 0.2) is 9.84 Å². The molecule has 3 aromatic carbocycles. The van der Waals surface area contributed by atoms with Crippen LogP contribution in [0.4, 0.5) is 13.6 Å². The number of carbonyl (C=O) groups excluding carboxylic acids is 1. The van der Waals surface area contributed by atoms with Crippen LogP contribution in [0.2, 0.25) is 5.02 Å². The maximum Gasteiger partial charge on any atom is 0.407 e. The van der Waals surface area contributed by atoms with Gasteiger partial charge in [-0.2, -0.15) is 0 Å². The molecule has 1 heterocycles. The van der Waals surface area contributed by atoms with Crippen molar-refractivity contribution in [3.63, 3.8) is 0 Å². The number of nitrogens with zero attached hydrogens (tertiary/aromatic N) is 2. The Morgan fingerprint density at radius 1 is 0.978 bits per heavy atom. The fraction of sp³-hybridized carbons (Fsp3) is 0.312. The number of carboxylic acid groups (broad SMARTS) is 1. The van der Waals surface area contributed by atoms with Crippen LogP contribution in [-0.4, -0.2) is 67.8 Å². The van der Waals surface area contributed by atoms with Gasteiger partial charge in [0.2, 0.25) is 0 Å². The molecular weight excluding hydrogens is 646 g/mol. The van der Waals surface area contributed by atoms with Crippen molar-refractivity contribution >= 4 is 54.9 Å². The van der Waals surface area contributed by atoms with Gasteiger partial charge < -0.3 is 19.6 Å². The van der Waals surface area contributed by atoms with E-state index in [0.717, 1.165) is 40.9 Å². The predicted octanol–water partition coefficient (Wildman–Crippen LogP) is 7.48. The Hall–Kier alpha value is -3.74. The lowest BCUT2D eigenvalue weighted by atomic mass is 9.89. The summed E-state index contributed by atoms with van der Waals surface area (Å²) in [7, 11) is -0.345. The molecule has 0 radical (unpaired) electrons. The predicted molar refractivity (Wildman–Crippen MR) is 170 cm³/mol. The van der Waals surface area contributed by atoms with Crippen molar-refractivity contribution in [1.82, 2.24) is 9.80 Å². The average molecular weight is 677 g/mol. The van der Waals surface area contributed by atoms with E-state index in [0.29, 0.717) is 37.0 Å². The molecule has 0 aliphatic heterocycles. The number of halogens is 3. The zero-order valence-electron chi connectivity index (χ0n) is 24.7. The molecule has 2 amide bonds. The fourth-order valence-corrected chi connectivity index (χ4v) is 7.94. The number of hydrogen-bond acceptors (Lipinski definition) is 6. The maximum absolute atomic E-state index is 14.7. The van der Waals surface area contributed by atoms with E-state index in [1.165, 1.54) is 31.2 Å². The van der Waals surface area contributed by atoms with Gasteiger partial charge in [0.1, 0.15) is 22.3 Å². The van der Waals surface area contributed by atoms with Crippen molar-refractivity contribution in [2.45, 2.75) is 49.2 Å². The molecule has 1 aliphatic rings. The SMILES string of the molecule is COc1ccc(-c2ccc(S(C)(=O)=O)cc2)cc1CN(C(=O)c1sc2c(F)ccc(F)c2c1Cl)C1CCC(N(C)C(=O)O)CC1. The van der Waals surface area contributed by atoms with Crippen LogP contribution in [0.5, 0.6) is 5.75 Å². The zero-order chi connectivity index (χ0) is 32.6. The molecule has 1 aliphatic carbocycles. The molecule has 1 saturated carbocycles. The number of methoxy groups -OCH3 is 1. The van der Waals surface area contributed by atoms with Gasteiger partial charge in [-0.1, -0.05) is 29.8 Å². The number of benzene rings is 3. The van der Waals surface area contributed by atoms with E-state index >= 15 is 0 Å². The molecule has 4 aromatic rings. The molecule has 0 saturated heterocycles. The van der Waals surface area contributed by atoms with E-state index in [9.17, 15) is 31.9 Å². The van der Waals surface area contributed by atoms with Crippen LogP contribution in [0.25, 0.3) is 21.2 Å². The highest BCUT2D eigenvalue weighted by Crippen LogP contribution is 2.41. The fourth-order valence-electron chi connectivity index (χ4n) is 5.81. The van der Waals surface area contributed by atoms with Crippen LogP contribution in [0, 0.1) is 11.6 Å². The van der Waals surface area contributed by atoms with Crippen LogP contribution in [0.1, 0.15) is 40.9 Å². The first kappa shape index (κ1) is 32.6. The van der Waals surface area contributed by atoms with Gasteiger partial charge in [0.25, 0.3) is 5.91 Å². The van der Waals surface area contributed by atoms with Crippen LogP contribution in [0.3, 0.4) is 0 Å². The summed E-state index contributed by atoms with van der Waals surface area (Å²) in [6.45, 7) is 0.0664. The first-order valence-electron chi connectivity index (χ1n) is 14.1. The van der Waals surface area contributed by atoms with Gasteiger partial charge in [0.05, 0.1) is 27.1 Å². The van der Waals surface area contributed by atoms with Crippen molar-refractivity contribution in [2.75, 3.05) is 20.4 Å². The van der Waals surface area contributed by atoms with Crippen LogP contribution >= 0.6 is 22.9 Å². The number of amides is 2. The van der Waals surface area contributed by atoms with Gasteiger partial charge in [0, 0.05) is 37.5 Å². The summed E-state index contributed by atoms with van der Waals surface area (Å²) in [6.07, 6.45) is 2.13. The third kappa shape index (κ3) is 6.63. The number of sulfone groups is 1. The number of thiophene rings is 1. The normalized spacial score (nSPS) is 16.8. The Kier molecular flexibility index (Phi) is 9.39. The first-order valence-corrected chi connectivity index (χ1v) is 17.2. The Labute approximate surface area is 268 Å². The Morgan fingerprint density at radius 2 is 1.58 bits per heavy atom. The summed E-state index contributed by atoms with van der Waals surface area (Å²) in [5.41, 5.74) is 2.16. The lowest BCUT2D eigenvalue weighted by Gasteiger charge is -2.39. The molecule has 13 heteroatoms. The zero-order valence-corrected chi connectivity index (χ0v) is 27.1. The van der Waals surface area contributed by atoms with Gasteiger partial charge in [-0.25, -0.2) is 22.0 Å². The molecule has 0 spiro atoms. The van der Waals surface area contributed by atoms with Crippen LogP contribution < -0.4 is 4.74 Å². The van der Waals surface area contributed by atoms with E-state index in [2.05, 4.69) is 0 Å².